The summed E-state index contributed by atoms with van der Waals surface area (Å²) in [5.74, 6) is -1.88. The lowest BCUT2D eigenvalue weighted by atomic mass is 9.96. The van der Waals surface area contributed by atoms with Gasteiger partial charge in [0.05, 0.1) is 11.4 Å². The third-order valence-electron chi connectivity index (χ3n) is 6.87. The van der Waals surface area contributed by atoms with Crippen LogP contribution >= 0.6 is 15.9 Å². The molecular formula is C30H34BrN3O7. The van der Waals surface area contributed by atoms with Crippen molar-refractivity contribution >= 4 is 50.7 Å². The normalized spacial score (nSPS) is 17.8. The van der Waals surface area contributed by atoms with Crippen molar-refractivity contribution in [2.45, 2.75) is 51.8 Å². The number of carbonyl (C=O) groups is 4. The molecule has 0 saturated carbocycles. The van der Waals surface area contributed by atoms with Crippen molar-refractivity contribution in [2.24, 2.45) is 0 Å². The molecule has 0 spiro atoms. The van der Waals surface area contributed by atoms with E-state index in [4.69, 9.17) is 13.9 Å². The highest BCUT2D eigenvalue weighted by atomic mass is 79.9. The summed E-state index contributed by atoms with van der Waals surface area (Å²) >= 11 is 3.40. The molecule has 0 N–H and O–H groups in total. The number of furan rings is 1. The zero-order valence-corrected chi connectivity index (χ0v) is 25.8. The average Bonchev–Trinajstić information content (AvgIpc) is 3.22. The highest BCUT2D eigenvalue weighted by molar-refractivity contribution is 9.10. The fraction of sp³-hybridized carbons (Fsp3) is 0.400. The van der Waals surface area contributed by atoms with Crippen molar-refractivity contribution in [1.29, 1.82) is 0 Å². The summed E-state index contributed by atoms with van der Waals surface area (Å²) in [6.07, 6.45) is -0.886. The number of nitrogens with zero attached hydrogens (tertiary/aromatic N) is 3. The molecule has 10 nitrogen and oxygen atoms in total. The van der Waals surface area contributed by atoms with E-state index in [0.717, 1.165) is 14.3 Å². The van der Waals surface area contributed by atoms with Gasteiger partial charge in [-0.15, -0.1) is 0 Å². The van der Waals surface area contributed by atoms with E-state index in [2.05, 4.69) is 15.9 Å². The second kappa shape index (κ2) is 11.2. The molecule has 2 heterocycles. The van der Waals surface area contributed by atoms with Crippen LogP contribution in [0.2, 0.25) is 0 Å². The highest BCUT2D eigenvalue weighted by Crippen LogP contribution is 2.40. The van der Waals surface area contributed by atoms with Gasteiger partial charge < -0.3 is 23.7 Å². The monoisotopic (exact) mass is 627 g/mol. The number of hydrogen-bond acceptors (Lipinski definition) is 7. The van der Waals surface area contributed by atoms with Crippen molar-refractivity contribution in [3.63, 3.8) is 0 Å². The van der Waals surface area contributed by atoms with Crippen molar-refractivity contribution < 1.29 is 33.1 Å². The summed E-state index contributed by atoms with van der Waals surface area (Å²) in [5, 5.41) is 0.536. The molecule has 0 radical (unpaired) electrons. The largest absolute Gasteiger partial charge is 0.486 e. The van der Waals surface area contributed by atoms with E-state index in [1.807, 2.05) is 6.07 Å². The Bertz CT molecular complexity index is 1490. The second-order valence-corrected chi connectivity index (χ2v) is 12.3. The Labute approximate surface area is 247 Å². The number of amides is 4. The number of fused-ring (bicyclic) bond motifs is 3. The molecule has 0 unspecified atom stereocenters. The maximum Gasteiger partial charge on any atom is 0.417 e. The van der Waals surface area contributed by atoms with Crippen molar-refractivity contribution in [3.8, 4) is 5.75 Å². The van der Waals surface area contributed by atoms with Gasteiger partial charge in [0.15, 0.2) is 11.3 Å². The van der Waals surface area contributed by atoms with Crippen LogP contribution in [0.25, 0.3) is 11.0 Å². The lowest BCUT2D eigenvalue weighted by Gasteiger charge is -2.41. The van der Waals surface area contributed by atoms with Gasteiger partial charge in [-0.05, 0) is 58.4 Å². The van der Waals surface area contributed by atoms with Gasteiger partial charge in [-0.25, -0.2) is 9.69 Å². The molecule has 11 heteroatoms. The summed E-state index contributed by atoms with van der Waals surface area (Å²) in [6, 6.07) is 13.4. The van der Waals surface area contributed by atoms with Gasteiger partial charge in [-0.3, -0.25) is 14.4 Å². The van der Waals surface area contributed by atoms with Gasteiger partial charge in [0.1, 0.15) is 24.3 Å². The second-order valence-electron chi connectivity index (χ2n) is 11.4. The number of benzene rings is 2. The fourth-order valence-corrected chi connectivity index (χ4v) is 4.88. The number of hydrogen-bond donors (Lipinski definition) is 0. The molecule has 41 heavy (non-hydrogen) atoms. The Morgan fingerprint density at radius 3 is 2.39 bits per heavy atom. The van der Waals surface area contributed by atoms with Gasteiger partial charge in [0.2, 0.25) is 11.7 Å². The molecule has 1 aliphatic heterocycles. The highest BCUT2D eigenvalue weighted by Gasteiger charge is 2.53. The van der Waals surface area contributed by atoms with Crippen LogP contribution in [0.15, 0.2) is 57.4 Å². The minimum absolute atomic E-state index is 0.138. The first-order valence-electron chi connectivity index (χ1n) is 13.1. The summed E-state index contributed by atoms with van der Waals surface area (Å²) in [6.45, 7) is 7.47. The lowest BCUT2D eigenvalue weighted by molar-refractivity contribution is -0.146. The van der Waals surface area contributed by atoms with E-state index in [0.29, 0.717) is 16.5 Å². The SMILES string of the molecule is C[C@@H](c1ccccc1)N(C(=O)OC(C)(C)C)C(=O)[C@@]1(C)COc2c(oc3cc(Br)ccc23)C(=O)N1CC(=O)N(C)C. The molecule has 0 bridgehead atoms. The number of imide groups is 1. The molecule has 0 fully saturated rings. The van der Waals surface area contributed by atoms with Crippen LogP contribution in [-0.4, -0.2) is 76.9 Å². The summed E-state index contributed by atoms with van der Waals surface area (Å²) in [7, 11) is 3.10. The standard InChI is InChI=1S/C30H34BrN3O7/c1-18(19-11-9-8-10-12-19)34(28(38)41-29(2,3)4)27(37)30(5)17-39-24-21-14-13-20(31)15-22(21)40-25(24)26(36)33(30)16-23(35)32(6)7/h8-15,18H,16-17H2,1-7H3/t18-,30+/m0/s1. The predicted molar refractivity (Wildman–Crippen MR) is 155 cm³/mol. The average molecular weight is 629 g/mol. The minimum atomic E-state index is -1.80. The number of halogens is 1. The number of carbonyl (C=O) groups excluding carboxylic acids is 4. The number of rotatable bonds is 5. The Kier molecular flexibility index (Phi) is 8.22. The van der Waals surface area contributed by atoms with E-state index in [-0.39, 0.29) is 18.1 Å². The van der Waals surface area contributed by atoms with Gasteiger partial charge in [-0.2, -0.15) is 0 Å². The van der Waals surface area contributed by atoms with Gasteiger partial charge in [0.25, 0.3) is 11.8 Å². The lowest BCUT2D eigenvalue weighted by Crippen LogP contribution is -2.64. The smallest absolute Gasteiger partial charge is 0.417 e. The number of likely N-dealkylation sites (N-methyl/N-ethyl adjacent to an activating group) is 1. The Morgan fingerprint density at radius 2 is 1.78 bits per heavy atom. The zero-order chi connectivity index (χ0) is 30.3. The van der Waals surface area contributed by atoms with E-state index in [1.54, 1.807) is 84.3 Å². The Hall–Kier alpha value is -3.86. The van der Waals surface area contributed by atoms with E-state index >= 15 is 0 Å². The Morgan fingerprint density at radius 1 is 1.12 bits per heavy atom. The molecular weight excluding hydrogens is 594 g/mol. The molecule has 2 aromatic carbocycles. The van der Waals surface area contributed by atoms with Gasteiger partial charge in [0, 0.05) is 18.6 Å². The van der Waals surface area contributed by atoms with E-state index < -0.39 is 47.5 Å². The van der Waals surface area contributed by atoms with Crippen molar-refractivity contribution in [3.05, 3.63) is 64.3 Å². The fourth-order valence-electron chi connectivity index (χ4n) is 4.54. The third-order valence-corrected chi connectivity index (χ3v) is 7.36. The zero-order valence-electron chi connectivity index (χ0n) is 24.2. The van der Waals surface area contributed by atoms with Gasteiger partial charge in [-0.1, -0.05) is 46.3 Å². The van der Waals surface area contributed by atoms with Crippen LogP contribution in [0, 0.1) is 0 Å². The Balaban J connectivity index is 1.85. The maximum absolute atomic E-state index is 14.6. The predicted octanol–water partition coefficient (Wildman–Crippen LogP) is 5.40. The maximum atomic E-state index is 14.6. The quantitative estimate of drug-likeness (QED) is 0.372. The molecule has 0 aliphatic carbocycles. The van der Waals surface area contributed by atoms with Crippen LogP contribution < -0.4 is 4.74 Å². The van der Waals surface area contributed by atoms with Crippen LogP contribution in [-0.2, 0) is 14.3 Å². The van der Waals surface area contributed by atoms with E-state index in [9.17, 15) is 19.2 Å². The summed E-state index contributed by atoms with van der Waals surface area (Å²) in [4.78, 5) is 58.8. The van der Waals surface area contributed by atoms with E-state index in [1.165, 1.54) is 11.8 Å². The molecule has 3 aromatic rings. The summed E-state index contributed by atoms with van der Waals surface area (Å²) in [5.41, 5.74) is -1.63. The minimum Gasteiger partial charge on any atom is -0.486 e. The topological polar surface area (TPSA) is 110 Å². The first-order valence-corrected chi connectivity index (χ1v) is 13.9. The molecule has 0 saturated heterocycles. The molecule has 4 amide bonds. The molecule has 1 aliphatic rings. The van der Waals surface area contributed by atoms with Crippen molar-refractivity contribution in [2.75, 3.05) is 27.2 Å². The summed E-state index contributed by atoms with van der Waals surface area (Å²) < 4.78 is 18.4. The first kappa shape index (κ1) is 30.1. The molecule has 4 rings (SSSR count). The van der Waals surface area contributed by atoms with Crippen LogP contribution in [0.4, 0.5) is 4.79 Å². The van der Waals surface area contributed by atoms with Gasteiger partial charge >= 0.3 is 6.09 Å². The first-order chi connectivity index (χ1) is 19.1. The molecule has 218 valence electrons. The van der Waals surface area contributed by atoms with Crippen molar-refractivity contribution in [1.82, 2.24) is 14.7 Å². The third kappa shape index (κ3) is 5.95. The van der Waals surface area contributed by atoms with Crippen LogP contribution in [0.5, 0.6) is 5.75 Å². The number of ether oxygens (including phenoxy) is 2. The van der Waals surface area contributed by atoms with Crippen LogP contribution in [0.3, 0.4) is 0 Å². The molecule has 2 atom stereocenters. The van der Waals surface area contributed by atoms with Crippen LogP contribution in [0.1, 0.15) is 56.8 Å². The molecule has 1 aromatic heterocycles.